The maximum Gasteiger partial charge on any atom is 0.0566 e. The fraction of sp³-hybridized carbons (Fsp3) is 0.500. The minimum absolute atomic E-state index is 0.744. The van der Waals surface area contributed by atoms with Gasteiger partial charge in [-0.25, -0.2) is 0 Å². The predicted octanol–water partition coefficient (Wildman–Crippen LogP) is 2.60. The molecule has 1 heteroatoms. The van der Waals surface area contributed by atoms with Crippen molar-refractivity contribution in [2.24, 2.45) is 10.9 Å². The van der Waals surface area contributed by atoms with E-state index >= 15 is 0 Å². The summed E-state index contributed by atoms with van der Waals surface area (Å²) in [6.45, 7) is 6.39. The molecule has 1 aliphatic carbocycles. The first-order chi connectivity index (χ1) is 5.36. The van der Waals surface area contributed by atoms with Gasteiger partial charge in [-0.15, -0.1) is 0 Å². The van der Waals surface area contributed by atoms with E-state index < -0.39 is 0 Å². The third-order valence-electron chi connectivity index (χ3n) is 2.04. The maximum absolute atomic E-state index is 3.74. The third kappa shape index (κ3) is 2.34. The molecule has 0 spiro atoms. The van der Waals surface area contributed by atoms with Gasteiger partial charge in [0.15, 0.2) is 0 Å². The Labute approximate surface area is 68.5 Å². The Morgan fingerprint density at radius 3 is 3.09 bits per heavy atom. The summed E-state index contributed by atoms with van der Waals surface area (Å²) in [6.07, 6.45) is 9.08. The quantitative estimate of drug-likeness (QED) is 0.545. The van der Waals surface area contributed by atoms with E-state index in [2.05, 4.69) is 36.9 Å². The number of hydrogen-bond donors (Lipinski definition) is 0. The largest absolute Gasteiger partial charge is 0.297 e. The number of nitrogens with zero attached hydrogens (tertiary/aromatic N) is 1. The van der Waals surface area contributed by atoms with Crippen LogP contribution in [0.1, 0.15) is 19.8 Å². The van der Waals surface area contributed by atoms with E-state index in [0.29, 0.717) is 0 Å². The van der Waals surface area contributed by atoms with Crippen LogP contribution in [0.4, 0.5) is 0 Å². The minimum Gasteiger partial charge on any atom is -0.297 e. The lowest BCUT2D eigenvalue weighted by atomic mass is 9.84. The molecule has 1 aliphatic rings. The van der Waals surface area contributed by atoms with Crippen molar-refractivity contribution in [3.05, 3.63) is 23.8 Å². The van der Waals surface area contributed by atoms with E-state index in [-0.39, 0.29) is 0 Å². The van der Waals surface area contributed by atoms with Crippen LogP contribution in [0.25, 0.3) is 0 Å². The van der Waals surface area contributed by atoms with Crippen LogP contribution in [0.2, 0.25) is 0 Å². The Morgan fingerprint density at radius 1 is 1.82 bits per heavy atom. The van der Waals surface area contributed by atoms with Crippen LogP contribution in [-0.4, -0.2) is 13.3 Å². The van der Waals surface area contributed by atoms with Gasteiger partial charge >= 0.3 is 0 Å². The Bertz CT molecular complexity index is 189. The van der Waals surface area contributed by atoms with Gasteiger partial charge < -0.3 is 0 Å². The molecule has 0 radical (unpaired) electrons. The van der Waals surface area contributed by atoms with Gasteiger partial charge in [0, 0.05) is 0 Å². The van der Waals surface area contributed by atoms with E-state index in [1.807, 2.05) is 0 Å². The molecule has 1 atom stereocenters. The summed E-state index contributed by atoms with van der Waals surface area (Å²) in [6, 6.07) is 0. The van der Waals surface area contributed by atoms with Crippen LogP contribution in [-0.2, 0) is 0 Å². The average molecular weight is 149 g/mol. The van der Waals surface area contributed by atoms with Gasteiger partial charge in [0.25, 0.3) is 0 Å². The summed E-state index contributed by atoms with van der Waals surface area (Å²) in [4.78, 5) is 3.74. The van der Waals surface area contributed by atoms with Crippen molar-refractivity contribution in [3.63, 3.8) is 0 Å². The highest BCUT2D eigenvalue weighted by molar-refractivity contribution is 5.29. The molecule has 0 N–H and O–H groups in total. The van der Waals surface area contributed by atoms with Crippen molar-refractivity contribution in [2.75, 3.05) is 6.54 Å². The number of allylic oxidation sites excluding steroid dienone is 3. The van der Waals surface area contributed by atoms with Gasteiger partial charge in [0.1, 0.15) is 0 Å². The molecule has 0 saturated carbocycles. The zero-order valence-electron chi connectivity index (χ0n) is 7.09. The van der Waals surface area contributed by atoms with Crippen molar-refractivity contribution in [1.29, 1.82) is 0 Å². The van der Waals surface area contributed by atoms with Crippen molar-refractivity contribution >= 4 is 6.72 Å². The second-order valence-electron chi connectivity index (χ2n) is 2.92. The molecule has 1 unspecified atom stereocenters. The lowest BCUT2D eigenvalue weighted by molar-refractivity contribution is 0.569. The lowest BCUT2D eigenvalue weighted by Crippen LogP contribution is -2.06. The molecule has 0 aromatic heterocycles. The average Bonchev–Trinajstić information content (AvgIpc) is 1.94. The fourth-order valence-corrected chi connectivity index (χ4v) is 1.24. The highest BCUT2D eigenvalue weighted by Gasteiger charge is 2.13. The molecule has 1 rings (SSSR count). The van der Waals surface area contributed by atoms with Crippen LogP contribution in [0.5, 0.6) is 0 Å². The summed E-state index contributed by atoms with van der Waals surface area (Å²) in [5.41, 5.74) is 1.46. The Balaban J connectivity index is 2.25. The number of hydrogen-bond acceptors (Lipinski definition) is 1. The van der Waals surface area contributed by atoms with Crippen molar-refractivity contribution in [1.82, 2.24) is 0 Å². The zero-order valence-corrected chi connectivity index (χ0v) is 7.09. The zero-order chi connectivity index (χ0) is 8.10. The fourth-order valence-electron chi connectivity index (χ4n) is 1.24. The lowest BCUT2D eigenvalue weighted by Gasteiger charge is -2.21. The van der Waals surface area contributed by atoms with Crippen molar-refractivity contribution in [2.45, 2.75) is 19.8 Å². The highest BCUT2D eigenvalue weighted by atomic mass is 14.6. The van der Waals surface area contributed by atoms with E-state index in [0.717, 1.165) is 12.5 Å². The molecule has 0 heterocycles. The van der Waals surface area contributed by atoms with E-state index in [1.54, 1.807) is 0 Å². The molecule has 0 bridgehead atoms. The first-order valence-corrected chi connectivity index (χ1v) is 4.16. The molecule has 0 fully saturated rings. The molecule has 0 saturated heterocycles. The molecular weight excluding hydrogens is 134 g/mol. The first-order valence-electron chi connectivity index (χ1n) is 4.16. The molecule has 0 aromatic rings. The van der Waals surface area contributed by atoms with Crippen LogP contribution < -0.4 is 0 Å². The molecule has 0 amide bonds. The van der Waals surface area contributed by atoms with Gasteiger partial charge in [-0.2, -0.15) is 0 Å². The van der Waals surface area contributed by atoms with Gasteiger partial charge in [0.2, 0.25) is 0 Å². The van der Waals surface area contributed by atoms with Gasteiger partial charge in [0.05, 0.1) is 6.54 Å². The standard InChI is InChI=1S/C10H15N/c1-3-9-7-10(8-9)5-4-6-11-2/h4-5,7,9H,2-3,6,8H2,1H3/b5-4-. The van der Waals surface area contributed by atoms with Gasteiger partial charge in [-0.05, 0) is 25.5 Å². The predicted molar refractivity (Wildman–Crippen MR) is 50.0 cm³/mol. The summed E-state index contributed by atoms with van der Waals surface area (Å²) < 4.78 is 0. The Hall–Kier alpha value is -0.850. The minimum atomic E-state index is 0.744. The van der Waals surface area contributed by atoms with Crippen molar-refractivity contribution < 1.29 is 0 Å². The van der Waals surface area contributed by atoms with E-state index in [4.69, 9.17) is 0 Å². The van der Waals surface area contributed by atoms with Gasteiger partial charge in [-0.3, -0.25) is 4.99 Å². The van der Waals surface area contributed by atoms with Crippen molar-refractivity contribution in [3.8, 4) is 0 Å². The van der Waals surface area contributed by atoms with Crippen LogP contribution in [0, 0.1) is 5.92 Å². The molecule has 60 valence electrons. The topological polar surface area (TPSA) is 12.4 Å². The molecule has 1 nitrogen and oxygen atoms in total. The first kappa shape index (κ1) is 8.25. The maximum atomic E-state index is 3.74. The van der Waals surface area contributed by atoms with Crippen LogP contribution >= 0.6 is 0 Å². The molecular formula is C10H15N. The van der Waals surface area contributed by atoms with Crippen LogP contribution in [0.15, 0.2) is 28.8 Å². The molecule has 0 aromatic carbocycles. The van der Waals surface area contributed by atoms with E-state index in [9.17, 15) is 0 Å². The van der Waals surface area contributed by atoms with Gasteiger partial charge in [-0.1, -0.05) is 30.7 Å². The van der Waals surface area contributed by atoms with E-state index in [1.165, 1.54) is 18.4 Å². The highest BCUT2D eigenvalue weighted by Crippen LogP contribution is 2.28. The van der Waals surface area contributed by atoms with Crippen LogP contribution in [0.3, 0.4) is 0 Å². The smallest absolute Gasteiger partial charge is 0.0566 e. The second-order valence-corrected chi connectivity index (χ2v) is 2.92. The summed E-state index contributed by atoms with van der Waals surface area (Å²) in [5, 5.41) is 0. The number of aliphatic imine (C=N–C) groups is 1. The Morgan fingerprint density at radius 2 is 2.55 bits per heavy atom. The molecule has 0 aliphatic heterocycles. The Kier molecular flexibility index (Phi) is 3.09. The monoisotopic (exact) mass is 149 g/mol. The molecule has 11 heavy (non-hydrogen) atoms. The summed E-state index contributed by atoms with van der Waals surface area (Å²) >= 11 is 0. The SMILES string of the molecule is C=NC/C=C\C1=CC(CC)C1. The summed E-state index contributed by atoms with van der Waals surface area (Å²) in [7, 11) is 0. The normalized spacial score (nSPS) is 23.0. The summed E-state index contributed by atoms with van der Waals surface area (Å²) in [5.74, 6) is 0.839. The third-order valence-corrected chi connectivity index (χ3v) is 2.04. The second kappa shape index (κ2) is 4.12. The number of rotatable bonds is 4.